The van der Waals surface area contributed by atoms with E-state index in [-0.39, 0.29) is 22.8 Å². The molecule has 0 unspecified atom stereocenters. The predicted molar refractivity (Wildman–Crippen MR) is 74.5 cm³/mol. The number of rotatable bonds is 4. The van der Waals surface area contributed by atoms with E-state index in [0.29, 0.717) is 16.7 Å². The van der Waals surface area contributed by atoms with Crippen LogP contribution in [0.5, 0.6) is 0 Å². The highest BCUT2D eigenvalue weighted by Crippen LogP contribution is 2.25. The van der Waals surface area contributed by atoms with Crippen LogP contribution in [0.1, 0.15) is 37.0 Å². The van der Waals surface area contributed by atoms with Gasteiger partial charge >= 0.3 is 0 Å². The first-order valence-corrected chi connectivity index (χ1v) is 7.10. The zero-order chi connectivity index (χ0) is 14.8. The zero-order valence-corrected chi connectivity index (χ0v) is 12.3. The first-order chi connectivity index (χ1) is 9.36. The SMILES string of the molecule is CC(C)(C)c1nnc(SCC(=O)c2ccc(F)cc2)o1. The zero-order valence-electron chi connectivity index (χ0n) is 11.5. The van der Waals surface area contributed by atoms with E-state index in [1.165, 1.54) is 36.0 Å². The molecule has 20 heavy (non-hydrogen) atoms. The van der Waals surface area contributed by atoms with Crippen LogP contribution < -0.4 is 0 Å². The maximum Gasteiger partial charge on any atom is 0.277 e. The quantitative estimate of drug-likeness (QED) is 0.638. The van der Waals surface area contributed by atoms with Crippen LogP contribution in [0.2, 0.25) is 0 Å². The molecule has 106 valence electrons. The summed E-state index contributed by atoms with van der Waals surface area (Å²) in [6.45, 7) is 5.91. The van der Waals surface area contributed by atoms with Gasteiger partial charge in [0.05, 0.1) is 5.75 Å². The van der Waals surface area contributed by atoms with Crippen molar-refractivity contribution in [3.63, 3.8) is 0 Å². The van der Waals surface area contributed by atoms with Crippen molar-refractivity contribution in [1.29, 1.82) is 0 Å². The second-order valence-corrected chi connectivity index (χ2v) is 6.27. The van der Waals surface area contributed by atoms with Crippen molar-refractivity contribution in [2.24, 2.45) is 0 Å². The Balaban J connectivity index is 1.97. The number of benzene rings is 1. The molecule has 1 aromatic carbocycles. The van der Waals surface area contributed by atoms with Gasteiger partial charge in [-0.3, -0.25) is 4.79 Å². The highest BCUT2D eigenvalue weighted by Gasteiger charge is 2.21. The third-order valence-corrected chi connectivity index (χ3v) is 3.36. The van der Waals surface area contributed by atoms with Crippen molar-refractivity contribution in [2.75, 3.05) is 5.75 Å². The number of nitrogens with zero attached hydrogens (tertiary/aromatic N) is 2. The van der Waals surface area contributed by atoms with Crippen molar-refractivity contribution >= 4 is 17.5 Å². The van der Waals surface area contributed by atoms with Crippen molar-refractivity contribution in [1.82, 2.24) is 10.2 Å². The molecule has 4 nitrogen and oxygen atoms in total. The Morgan fingerprint density at radius 2 is 1.90 bits per heavy atom. The van der Waals surface area contributed by atoms with Crippen LogP contribution in [0.4, 0.5) is 4.39 Å². The summed E-state index contributed by atoms with van der Waals surface area (Å²) in [6.07, 6.45) is 0. The minimum atomic E-state index is -0.360. The normalized spacial score (nSPS) is 11.6. The molecule has 0 N–H and O–H groups in total. The Morgan fingerprint density at radius 1 is 1.25 bits per heavy atom. The number of carbonyl (C=O) groups is 1. The van der Waals surface area contributed by atoms with Gasteiger partial charge in [-0.25, -0.2) is 4.39 Å². The maximum atomic E-state index is 12.8. The Bertz CT molecular complexity index is 602. The fraction of sp³-hybridized carbons (Fsp3) is 0.357. The van der Waals surface area contributed by atoms with Crippen molar-refractivity contribution in [3.05, 3.63) is 41.5 Å². The third kappa shape index (κ3) is 3.66. The van der Waals surface area contributed by atoms with Crippen LogP contribution in [-0.4, -0.2) is 21.7 Å². The van der Waals surface area contributed by atoms with Crippen LogP contribution in [0, 0.1) is 5.82 Å². The van der Waals surface area contributed by atoms with Crippen LogP contribution in [-0.2, 0) is 5.41 Å². The average Bonchev–Trinajstić information content (AvgIpc) is 2.85. The van der Waals surface area contributed by atoms with Crippen LogP contribution in [0.3, 0.4) is 0 Å². The molecule has 0 bridgehead atoms. The fourth-order valence-electron chi connectivity index (χ4n) is 1.42. The number of hydrogen-bond acceptors (Lipinski definition) is 5. The van der Waals surface area contributed by atoms with Gasteiger partial charge in [-0.15, -0.1) is 10.2 Å². The minimum Gasteiger partial charge on any atom is -0.415 e. The maximum absolute atomic E-state index is 12.8. The summed E-state index contributed by atoms with van der Waals surface area (Å²) < 4.78 is 18.2. The van der Waals surface area contributed by atoms with E-state index < -0.39 is 0 Å². The summed E-state index contributed by atoms with van der Waals surface area (Å²) in [5.74, 6) is 0.248. The fourth-order valence-corrected chi connectivity index (χ4v) is 2.08. The average molecular weight is 294 g/mol. The standard InChI is InChI=1S/C14H15FN2O2S/c1-14(2,3)12-16-17-13(19-12)20-8-11(18)9-4-6-10(15)7-5-9/h4-7H,8H2,1-3H3. The van der Waals surface area contributed by atoms with Gasteiger partial charge in [-0.05, 0) is 24.3 Å². The number of carbonyl (C=O) groups excluding carboxylic acids is 1. The Morgan fingerprint density at radius 3 is 2.45 bits per heavy atom. The van der Waals surface area contributed by atoms with Gasteiger partial charge in [0.15, 0.2) is 5.78 Å². The van der Waals surface area contributed by atoms with Crippen LogP contribution >= 0.6 is 11.8 Å². The molecule has 0 aliphatic carbocycles. The second-order valence-electron chi connectivity index (χ2n) is 5.34. The number of halogens is 1. The molecule has 1 heterocycles. The smallest absolute Gasteiger partial charge is 0.277 e. The lowest BCUT2D eigenvalue weighted by Gasteiger charge is -2.10. The van der Waals surface area contributed by atoms with Crippen molar-refractivity contribution in [3.8, 4) is 0 Å². The molecule has 2 aromatic rings. The molecule has 0 aliphatic heterocycles. The molecular weight excluding hydrogens is 279 g/mol. The van der Waals surface area contributed by atoms with E-state index >= 15 is 0 Å². The van der Waals surface area contributed by atoms with Gasteiger partial charge in [0.25, 0.3) is 5.22 Å². The molecule has 6 heteroatoms. The monoisotopic (exact) mass is 294 g/mol. The molecule has 0 saturated carbocycles. The highest BCUT2D eigenvalue weighted by molar-refractivity contribution is 7.99. The lowest BCUT2D eigenvalue weighted by Crippen LogP contribution is -2.11. The summed E-state index contributed by atoms with van der Waals surface area (Å²) >= 11 is 1.18. The largest absolute Gasteiger partial charge is 0.415 e. The molecule has 1 aromatic heterocycles. The second kappa shape index (κ2) is 5.75. The number of ketones is 1. The lowest BCUT2D eigenvalue weighted by molar-refractivity contribution is 0.102. The van der Waals surface area contributed by atoms with Crippen LogP contribution in [0.25, 0.3) is 0 Å². The van der Waals surface area contributed by atoms with E-state index in [4.69, 9.17) is 4.42 Å². The molecular formula is C14H15FN2O2S. The van der Waals surface area contributed by atoms with Crippen molar-refractivity contribution < 1.29 is 13.6 Å². The highest BCUT2D eigenvalue weighted by atomic mass is 32.2. The number of aromatic nitrogens is 2. The van der Waals surface area contributed by atoms with E-state index in [1.807, 2.05) is 20.8 Å². The van der Waals surface area contributed by atoms with Gasteiger partial charge < -0.3 is 4.42 Å². The third-order valence-electron chi connectivity index (χ3n) is 2.54. The van der Waals surface area contributed by atoms with Gasteiger partial charge in [-0.2, -0.15) is 0 Å². The topological polar surface area (TPSA) is 56.0 Å². The molecule has 0 radical (unpaired) electrons. The summed E-state index contributed by atoms with van der Waals surface area (Å²) in [7, 11) is 0. The lowest BCUT2D eigenvalue weighted by atomic mass is 9.97. The predicted octanol–water partition coefficient (Wildman–Crippen LogP) is 3.48. The van der Waals surface area contributed by atoms with Gasteiger partial charge in [0.1, 0.15) is 5.82 Å². The van der Waals surface area contributed by atoms with E-state index in [2.05, 4.69) is 10.2 Å². The molecule has 0 aliphatic rings. The van der Waals surface area contributed by atoms with Crippen molar-refractivity contribution in [2.45, 2.75) is 31.4 Å². The Labute approximate surface area is 120 Å². The van der Waals surface area contributed by atoms with E-state index in [0.717, 1.165) is 0 Å². The van der Waals surface area contributed by atoms with E-state index in [1.54, 1.807) is 0 Å². The molecule has 0 atom stereocenters. The summed E-state index contributed by atoms with van der Waals surface area (Å²) in [6, 6.07) is 5.46. The van der Waals surface area contributed by atoms with Crippen LogP contribution in [0.15, 0.2) is 33.9 Å². The van der Waals surface area contributed by atoms with Gasteiger partial charge in [0.2, 0.25) is 5.89 Å². The first-order valence-electron chi connectivity index (χ1n) is 6.12. The minimum absolute atomic E-state index is 0.106. The molecule has 2 rings (SSSR count). The number of Topliss-reactive ketones (excluding diaryl/α,β-unsaturated/α-hetero) is 1. The summed E-state index contributed by atoms with van der Waals surface area (Å²) in [5.41, 5.74) is 0.252. The van der Waals surface area contributed by atoms with Gasteiger partial charge in [0, 0.05) is 11.0 Å². The number of hydrogen-bond donors (Lipinski definition) is 0. The van der Waals surface area contributed by atoms with E-state index in [9.17, 15) is 9.18 Å². The Hall–Kier alpha value is -1.69. The number of thioether (sulfide) groups is 1. The summed E-state index contributed by atoms with van der Waals surface area (Å²) in [5, 5.41) is 8.21. The molecule has 0 saturated heterocycles. The molecule has 0 spiro atoms. The van der Waals surface area contributed by atoms with Gasteiger partial charge in [-0.1, -0.05) is 32.5 Å². The molecule has 0 amide bonds. The first kappa shape index (κ1) is 14.7. The Kier molecular flexibility index (Phi) is 4.23. The molecule has 0 fully saturated rings. The summed E-state index contributed by atoms with van der Waals surface area (Å²) in [4.78, 5) is 11.9.